The van der Waals surface area contributed by atoms with Crippen LogP contribution in [-0.2, 0) is 0 Å². The Labute approximate surface area is 139 Å². The number of methoxy groups -OCH3 is 1. The van der Waals surface area contributed by atoms with E-state index in [4.69, 9.17) is 9.72 Å². The van der Waals surface area contributed by atoms with Crippen LogP contribution in [0.25, 0.3) is 43.2 Å². The Morgan fingerprint density at radius 1 is 0.708 bits per heavy atom. The standard InChI is InChI=1S/C22H15NO/c1-24-18-12-17-11-10-16-9-8-15-7-6-14-4-2-3-5-19(14)20(15)21(16)22(17)23-13-18/h2-13H,1H3. The highest BCUT2D eigenvalue weighted by Crippen LogP contribution is 2.36. The Morgan fingerprint density at radius 3 is 2.17 bits per heavy atom. The van der Waals surface area contributed by atoms with Gasteiger partial charge in [0.15, 0.2) is 0 Å². The van der Waals surface area contributed by atoms with Gasteiger partial charge in [0, 0.05) is 10.8 Å². The topological polar surface area (TPSA) is 22.1 Å². The van der Waals surface area contributed by atoms with Gasteiger partial charge in [-0.05, 0) is 33.0 Å². The highest BCUT2D eigenvalue weighted by atomic mass is 16.5. The summed E-state index contributed by atoms with van der Waals surface area (Å²) in [6.45, 7) is 0. The normalized spacial score (nSPS) is 11.5. The molecule has 0 atom stereocenters. The molecule has 0 aliphatic heterocycles. The second kappa shape index (κ2) is 4.93. The van der Waals surface area contributed by atoms with Crippen LogP contribution in [0.4, 0.5) is 0 Å². The van der Waals surface area contributed by atoms with E-state index >= 15 is 0 Å². The predicted molar refractivity (Wildman–Crippen MR) is 101 cm³/mol. The fraction of sp³-hybridized carbons (Fsp3) is 0.0455. The van der Waals surface area contributed by atoms with E-state index in [-0.39, 0.29) is 0 Å². The molecule has 1 aromatic heterocycles. The van der Waals surface area contributed by atoms with Gasteiger partial charge >= 0.3 is 0 Å². The van der Waals surface area contributed by atoms with Crippen molar-refractivity contribution in [2.75, 3.05) is 7.11 Å². The SMILES string of the molecule is COc1cnc2c(ccc3ccc4ccc5ccccc5c4c32)c1. The van der Waals surface area contributed by atoms with Crippen LogP contribution in [0.5, 0.6) is 5.75 Å². The highest BCUT2D eigenvalue weighted by molar-refractivity contribution is 6.26. The zero-order valence-corrected chi connectivity index (χ0v) is 13.3. The predicted octanol–water partition coefficient (Wildman–Crippen LogP) is 5.70. The van der Waals surface area contributed by atoms with Crippen LogP contribution in [0.15, 0.2) is 72.9 Å². The molecule has 0 saturated heterocycles. The van der Waals surface area contributed by atoms with Crippen molar-refractivity contribution in [3.8, 4) is 5.75 Å². The Kier molecular flexibility index (Phi) is 2.74. The van der Waals surface area contributed by atoms with Crippen molar-refractivity contribution in [1.82, 2.24) is 4.98 Å². The van der Waals surface area contributed by atoms with Crippen LogP contribution in [0.2, 0.25) is 0 Å². The monoisotopic (exact) mass is 309 g/mol. The fourth-order valence-corrected chi connectivity index (χ4v) is 3.60. The molecule has 5 rings (SSSR count). The molecule has 0 N–H and O–H groups in total. The van der Waals surface area contributed by atoms with E-state index in [1.807, 2.05) is 6.07 Å². The number of aromatic nitrogens is 1. The van der Waals surface area contributed by atoms with Gasteiger partial charge in [0.05, 0.1) is 18.8 Å². The smallest absolute Gasteiger partial charge is 0.137 e. The molecule has 1 heterocycles. The second-order valence-electron chi connectivity index (χ2n) is 6.06. The van der Waals surface area contributed by atoms with Gasteiger partial charge in [-0.2, -0.15) is 0 Å². The van der Waals surface area contributed by atoms with Crippen molar-refractivity contribution in [2.45, 2.75) is 0 Å². The fourth-order valence-electron chi connectivity index (χ4n) is 3.60. The molecule has 0 fully saturated rings. The van der Waals surface area contributed by atoms with Crippen molar-refractivity contribution in [3.63, 3.8) is 0 Å². The molecule has 0 unspecified atom stereocenters. The van der Waals surface area contributed by atoms with Crippen LogP contribution in [0.1, 0.15) is 0 Å². The van der Waals surface area contributed by atoms with Crippen molar-refractivity contribution >= 4 is 43.2 Å². The van der Waals surface area contributed by atoms with E-state index in [1.54, 1.807) is 13.3 Å². The minimum absolute atomic E-state index is 0.784. The summed E-state index contributed by atoms with van der Waals surface area (Å²) in [4.78, 5) is 4.71. The summed E-state index contributed by atoms with van der Waals surface area (Å²) in [6.07, 6.45) is 1.80. The number of hydrogen-bond donors (Lipinski definition) is 0. The molecule has 4 aromatic carbocycles. The lowest BCUT2D eigenvalue weighted by Gasteiger charge is -2.11. The molecule has 0 amide bonds. The molecule has 0 aliphatic rings. The lowest BCUT2D eigenvalue weighted by molar-refractivity contribution is 0.414. The minimum atomic E-state index is 0.784. The van der Waals surface area contributed by atoms with Crippen molar-refractivity contribution in [1.29, 1.82) is 0 Å². The Hall–Kier alpha value is -3.13. The van der Waals surface area contributed by atoms with E-state index in [0.29, 0.717) is 0 Å². The third-order valence-corrected chi connectivity index (χ3v) is 4.75. The second-order valence-corrected chi connectivity index (χ2v) is 6.06. The van der Waals surface area contributed by atoms with Crippen LogP contribution < -0.4 is 4.74 Å². The van der Waals surface area contributed by atoms with E-state index in [2.05, 4.69) is 60.7 Å². The van der Waals surface area contributed by atoms with Crippen molar-refractivity contribution < 1.29 is 4.74 Å². The Balaban J connectivity index is 2.09. The number of ether oxygens (including phenoxy) is 1. The number of pyridine rings is 1. The lowest BCUT2D eigenvalue weighted by atomic mass is 9.95. The van der Waals surface area contributed by atoms with Crippen LogP contribution in [0.3, 0.4) is 0 Å². The summed E-state index contributed by atoms with van der Waals surface area (Å²) in [5.74, 6) is 0.784. The van der Waals surface area contributed by atoms with Crippen LogP contribution >= 0.6 is 0 Å². The minimum Gasteiger partial charge on any atom is -0.495 e. The summed E-state index contributed by atoms with van der Waals surface area (Å²) in [7, 11) is 1.67. The van der Waals surface area contributed by atoms with Gasteiger partial charge < -0.3 is 4.74 Å². The summed E-state index contributed by atoms with van der Waals surface area (Å²) in [6, 6.07) is 23.6. The van der Waals surface area contributed by atoms with E-state index in [0.717, 1.165) is 16.7 Å². The summed E-state index contributed by atoms with van der Waals surface area (Å²) in [5.41, 5.74) is 1.02. The third kappa shape index (κ3) is 1.80. The molecule has 0 spiro atoms. The number of rotatable bonds is 1. The first-order valence-corrected chi connectivity index (χ1v) is 8.02. The molecule has 114 valence electrons. The lowest BCUT2D eigenvalue weighted by Crippen LogP contribution is -1.88. The summed E-state index contributed by atoms with van der Waals surface area (Å²) >= 11 is 0. The molecule has 5 aromatic rings. The Bertz CT molecular complexity index is 1240. The maximum Gasteiger partial charge on any atom is 0.137 e. The average molecular weight is 309 g/mol. The van der Waals surface area contributed by atoms with Crippen molar-refractivity contribution in [2.24, 2.45) is 0 Å². The van der Waals surface area contributed by atoms with Crippen molar-refractivity contribution in [3.05, 3.63) is 72.9 Å². The van der Waals surface area contributed by atoms with E-state index in [9.17, 15) is 0 Å². The molecule has 24 heavy (non-hydrogen) atoms. The number of fused-ring (bicyclic) bond motifs is 7. The highest BCUT2D eigenvalue weighted by Gasteiger charge is 2.10. The maximum atomic E-state index is 5.33. The van der Waals surface area contributed by atoms with Gasteiger partial charge in [0.25, 0.3) is 0 Å². The largest absolute Gasteiger partial charge is 0.495 e. The molecule has 0 saturated carbocycles. The third-order valence-electron chi connectivity index (χ3n) is 4.75. The van der Waals surface area contributed by atoms with Gasteiger partial charge in [0.2, 0.25) is 0 Å². The summed E-state index contributed by atoms with van der Waals surface area (Å²) in [5, 5.41) is 8.56. The van der Waals surface area contributed by atoms with Crippen LogP contribution in [-0.4, -0.2) is 12.1 Å². The molecular formula is C22H15NO. The van der Waals surface area contributed by atoms with Gasteiger partial charge in [-0.3, -0.25) is 4.98 Å². The molecule has 0 aliphatic carbocycles. The zero-order valence-electron chi connectivity index (χ0n) is 13.3. The van der Waals surface area contributed by atoms with E-state index < -0.39 is 0 Å². The van der Waals surface area contributed by atoms with Gasteiger partial charge in [0.1, 0.15) is 5.75 Å². The molecule has 0 radical (unpaired) electrons. The van der Waals surface area contributed by atoms with Gasteiger partial charge in [-0.15, -0.1) is 0 Å². The van der Waals surface area contributed by atoms with Gasteiger partial charge in [-0.25, -0.2) is 0 Å². The number of nitrogens with zero attached hydrogens (tertiary/aromatic N) is 1. The first-order valence-electron chi connectivity index (χ1n) is 8.02. The first-order chi connectivity index (χ1) is 11.8. The Morgan fingerprint density at radius 2 is 1.38 bits per heavy atom. The molecule has 2 nitrogen and oxygen atoms in total. The average Bonchev–Trinajstić information content (AvgIpc) is 2.66. The zero-order chi connectivity index (χ0) is 16.1. The maximum absolute atomic E-state index is 5.33. The molecular weight excluding hydrogens is 294 g/mol. The first kappa shape index (κ1) is 13.3. The molecule has 0 bridgehead atoms. The van der Waals surface area contributed by atoms with Gasteiger partial charge in [-0.1, -0.05) is 60.7 Å². The summed E-state index contributed by atoms with van der Waals surface area (Å²) < 4.78 is 5.33. The van der Waals surface area contributed by atoms with E-state index in [1.165, 1.54) is 32.3 Å². The van der Waals surface area contributed by atoms with Crippen LogP contribution in [0, 0.1) is 0 Å². The molecule has 2 heteroatoms. The number of benzene rings is 4. The quantitative estimate of drug-likeness (QED) is 0.370. The number of hydrogen-bond acceptors (Lipinski definition) is 2.